The molecule has 0 aliphatic rings. The van der Waals surface area contributed by atoms with Crippen LogP contribution in [0.2, 0.25) is 10.0 Å². The van der Waals surface area contributed by atoms with Gasteiger partial charge in [-0.15, -0.1) is 0 Å². The van der Waals surface area contributed by atoms with Gasteiger partial charge in [0.05, 0.1) is 23.0 Å². The molecule has 0 radical (unpaired) electrons. The number of nitrogens with zero attached hydrogens (tertiary/aromatic N) is 2. The monoisotopic (exact) mass is 301 g/mol. The van der Waals surface area contributed by atoms with Crippen LogP contribution in [0.4, 0.5) is 4.39 Å². The molecule has 0 spiro atoms. The third-order valence-electron chi connectivity index (χ3n) is 2.97. The average Bonchev–Trinajstić information content (AvgIpc) is 2.74. The van der Waals surface area contributed by atoms with Gasteiger partial charge < -0.3 is 5.32 Å². The highest BCUT2D eigenvalue weighted by Gasteiger charge is 2.22. The summed E-state index contributed by atoms with van der Waals surface area (Å²) in [4.78, 5) is 0. The second-order valence-corrected chi connectivity index (χ2v) is 4.90. The minimum absolute atomic E-state index is 0.233. The van der Waals surface area contributed by atoms with Crippen molar-refractivity contribution in [1.82, 2.24) is 15.1 Å². The summed E-state index contributed by atoms with van der Waals surface area (Å²) in [7, 11) is 1.80. The Labute approximate surface area is 121 Å². The van der Waals surface area contributed by atoms with Gasteiger partial charge in [0.1, 0.15) is 5.82 Å². The van der Waals surface area contributed by atoms with E-state index in [0.29, 0.717) is 16.6 Å². The molecular weight excluding hydrogens is 288 g/mol. The van der Waals surface area contributed by atoms with Crippen molar-refractivity contribution in [2.75, 3.05) is 7.05 Å². The van der Waals surface area contributed by atoms with E-state index in [0.717, 1.165) is 11.3 Å². The molecule has 1 atom stereocenters. The SMILES string of the molecule is CCn1ncc(Cl)c1C(NC)c1ccc(F)cc1Cl. The summed E-state index contributed by atoms with van der Waals surface area (Å²) in [5.74, 6) is -0.362. The molecular formula is C13H14Cl2FN3. The molecule has 0 saturated heterocycles. The Balaban J connectivity index is 2.52. The molecule has 0 aliphatic carbocycles. The van der Waals surface area contributed by atoms with Crippen molar-refractivity contribution in [3.8, 4) is 0 Å². The van der Waals surface area contributed by atoms with Gasteiger partial charge in [-0.2, -0.15) is 5.10 Å². The number of hydrogen-bond acceptors (Lipinski definition) is 2. The minimum Gasteiger partial charge on any atom is -0.308 e. The predicted octanol–water partition coefficient (Wildman–Crippen LogP) is 3.66. The van der Waals surface area contributed by atoms with Gasteiger partial charge in [0.2, 0.25) is 0 Å². The van der Waals surface area contributed by atoms with Crippen LogP contribution in [0.15, 0.2) is 24.4 Å². The first kappa shape index (κ1) is 14.3. The smallest absolute Gasteiger partial charge is 0.124 e. The molecule has 6 heteroatoms. The van der Waals surface area contributed by atoms with Crippen molar-refractivity contribution in [3.63, 3.8) is 0 Å². The van der Waals surface area contributed by atoms with Crippen molar-refractivity contribution in [1.29, 1.82) is 0 Å². The minimum atomic E-state index is -0.362. The van der Waals surface area contributed by atoms with Crippen molar-refractivity contribution >= 4 is 23.2 Å². The Morgan fingerprint density at radius 1 is 1.37 bits per heavy atom. The zero-order valence-electron chi connectivity index (χ0n) is 10.6. The average molecular weight is 302 g/mol. The second kappa shape index (κ2) is 5.90. The van der Waals surface area contributed by atoms with Crippen LogP contribution in [0.3, 0.4) is 0 Å². The number of nitrogens with one attached hydrogen (secondary N) is 1. The number of aromatic nitrogens is 2. The number of benzene rings is 1. The summed E-state index contributed by atoms with van der Waals surface area (Å²) in [6, 6.07) is 4.10. The van der Waals surface area contributed by atoms with E-state index in [1.165, 1.54) is 12.1 Å². The van der Waals surface area contributed by atoms with Gasteiger partial charge in [-0.25, -0.2) is 4.39 Å². The summed E-state index contributed by atoms with van der Waals surface area (Å²) in [5, 5.41) is 8.27. The van der Waals surface area contributed by atoms with Crippen LogP contribution in [0, 0.1) is 5.82 Å². The fourth-order valence-electron chi connectivity index (χ4n) is 2.09. The number of halogens is 3. The van der Waals surface area contributed by atoms with E-state index in [1.54, 1.807) is 24.0 Å². The second-order valence-electron chi connectivity index (χ2n) is 4.08. The molecule has 0 saturated carbocycles. The molecule has 0 amide bonds. The summed E-state index contributed by atoms with van der Waals surface area (Å²) in [5.41, 5.74) is 1.59. The van der Waals surface area contributed by atoms with Gasteiger partial charge in [0, 0.05) is 11.6 Å². The number of aryl methyl sites for hydroxylation is 1. The van der Waals surface area contributed by atoms with E-state index < -0.39 is 0 Å². The molecule has 0 bridgehead atoms. The van der Waals surface area contributed by atoms with Crippen LogP contribution < -0.4 is 5.32 Å². The molecule has 1 unspecified atom stereocenters. The third kappa shape index (κ3) is 2.76. The summed E-state index contributed by atoms with van der Waals surface area (Å²) in [6.07, 6.45) is 1.60. The maximum absolute atomic E-state index is 13.1. The Morgan fingerprint density at radius 3 is 2.68 bits per heavy atom. The van der Waals surface area contributed by atoms with E-state index in [1.807, 2.05) is 6.92 Å². The lowest BCUT2D eigenvalue weighted by Gasteiger charge is -2.20. The third-order valence-corrected chi connectivity index (χ3v) is 3.59. The maximum atomic E-state index is 13.1. The topological polar surface area (TPSA) is 29.9 Å². The Bertz CT molecular complexity index is 583. The van der Waals surface area contributed by atoms with E-state index >= 15 is 0 Å². The van der Waals surface area contributed by atoms with Crippen LogP contribution >= 0.6 is 23.2 Å². The largest absolute Gasteiger partial charge is 0.308 e. The van der Waals surface area contributed by atoms with Crippen molar-refractivity contribution in [2.24, 2.45) is 0 Å². The van der Waals surface area contributed by atoms with E-state index in [4.69, 9.17) is 23.2 Å². The molecule has 1 N–H and O–H groups in total. The highest BCUT2D eigenvalue weighted by atomic mass is 35.5. The van der Waals surface area contributed by atoms with Crippen molar-refractivity contribution < 1.29 is 4.39 Å². The lowest BCUT2D eigenvalue weighted by atomic mass is 10.0. The molecule has 1 aromatic carbocycles. The number of hydrogen-bond donors (Lipinski definition) is 1. The summed E-state index contributed by atoms with van der Waals surface area (Å²) < 4.78 is 14.9. The van der Waals surface area contributed by atoms with Crippen LogP contribution in [-0.2, 0) is 6.54 Å². The highest BCUT2D eigenvalue weighted by Crippen LogP contribution is 2.32. The van der Waals surface area contributed by atoms with Crippen LogP contribution in [-0.4, -0.2) is 16.8 Å². The van der Waals surface area contributed by atoms with Gasteiger partial charge in [0.25, 0.3) is 0 Å². The van der Waals surface area contributed by atoms with Crippen LogP contribution in [0.5, 0.6) is 0 Å². The van der Waals surface area contributed by atoms with E-state index in [2.05, 4.69) is 10.4 Å². The molecule has 19 heavy (non-hydrogen) atoms. The van der Waals surface area contributed by atoms with Gasteiger partial charge in [-0.1, -0.05) is 29.3 Å². The first-order valence-electron chi connectivity index (χ1n) is 5.91. The normalized spacial score (nSPS) is 12.7. The number of rotatable bonds is 4. The Hall–Kier alpha value is -1.10. The molecule has 3 nitrogen and oxygen atoms in total. The first-order chi connectivity index (χ1) is 9.08. The molecule has 102 valence electrons. The zero-order chi connectivity index (χ0) is 14.0. The molecule has 2 aromatic rings. The first-order valence-corrected chi connectivity index (χ1v) is 6.67. The summed E-state index contributed by atoms with van der Waals surface area (Å²) in [6.45, 7) is 2.67. The van der Waals surface area contributed by atoms with Crippen LogP contribution in [0.25, 0.3) is 0 Å². The fourth-order valence-corrected chi connectivity index (χ4v) is 2.61. The molecule has 0 aliphatic heterocycles. The van der Waals surface area contributed by atoms with Crippen LogP contribution in [0.1, 0.15) is 24.2 Å². The molecule has 0 fully saturated rings. The van der Waals surface area contributed by atoms with Gasteiger partial charge >= 0.3 is 0 Å². The standard InChI is InChI=1S/C13H14Cl2FN3/c1-3-19-13(11(15)7-18-19)12(17-2)9-5-4-8(16)6-10(9)14/h4-7,12,17H,3H2,1-2H3. The van der Waals surface area contributed by atoms with Gasteiger partial charge in [0.15, 0.2) is 0 Å². The predicted molar refractivity (Wildman–Crippen MR) is 75.2 cm³/mol. The van der Waals surface area contributed by atoms with Crippen molar-refractivity contribution in [3.05, 3.63) is 51.5 Å². The Kier molecular flexibility index (Phi) is 4.45. The van der Waals surface area contributed by atoms with Gasteiger partial charge in [-0.05, 0) is 31.7 Å². The summed E-state index contributed by atoms with van der Waals surface area (Å²) >= 11 is 12.3. The quantitative estimate of drug-likeness (QED) is 0.934. The zero-order valence-corrected chi connectivity index (χ0v) is 12.1. The fraction of sp³-hybridized carbons (Fsp3) is 0.308. The Morgan fingerprint density at radius 2 is 2.11 bits per heavy atom. The van der Waals surface area contributed by atoms with E-state index in [-0.39, 0.29) is 11.9 Å². The maximum Gasteiger partial charge on any atom is 0.124 e. The molecule has 1 heterocycles. The molecule has 1 aromatic heterocycles. The van der Waals surface area contributed by atoms with Gasteiger partial charge in [-0.3, -0.25) is 4.68 Å². The lowest BCUT2D eigenvalue weighted by molar-refractivity contribution is 0.562. The molecule has 2 rings (SSSR count). The van der Waals surface area contributed by atoms with Crippen molar-refractivity contribution in [2.45, 2.75) is 19.5 Å². The lowest BCUT2D eigenvalue weighted by Crippen LogP contribution is -2.22. The highest BCUT2D eigenvalue weighted by molar-refractivity contribution is 6.32. The van der Waals surface area contributed by atoms with E-state index in [9.17, 15) is 4.39 Å².